The van der Waals surface area contributed by atoms with Gasteiger partial charge in [-0.3, -0.25) is 0 Å². The van der Waals surface area contributed by atoms with Gasteiger partial charge >= 0.3 is 0 Å². The first-order chi connectivity index (χ1) is 5.12. The molecular formula is C11H21I. The van der Waals surface area contributed by atoms with Crippen LogP contribution in [-0.4, -0.2) is 0 Å². The van der Waals surface area contributed by atoms with Crippen LogP contribution in [0.2, 0.25) is 0 Å². The van der Waals surface area contributed by atoms with Crippen LogP contribution in [0, 0.1) is 10.8 Å². The summed E-state index contributed by atoms with van der Waals surface area (Å²) >= 11 is 0. The van der Waals surface area contributed by atoms with E-state index in [1.807, 2.05) is 13.8 Å². The summed E-state index contributed by atoms with van der Waals surface area (Å²) in [7, 11) is 0. The van der Waals surface area contributed by atoms with Gasteiger partial charge in [-0.15, -0.1) is 24.0 Å². The maximum Gasteiger partial charge on any atom is -0.0109 e. The number of allylic oxidation sites excluding steroid dienone is 2. The molecule has 0 aliphatic heterocycles. The smallest absolute Gasteiger partial charge is 0.0109 e. The van der Waals surface area contributed by atoms with Crippen LogP contribution < -0.4 is 0 Å². The Balaban J connectivity index is 0.000000378. The van der Waals surface area contributed by atoms with Crippen LogP contribution in [-0.2, 0) is 0 Å². The third-order valence-corrected chi connectivity index (χ3v) is 2.59. The molecule has 0 saturated heterocycles. The van der Waals surface area contributed by atoms with Crippen LogP contribution in [0.1, 0.15) is 47.0 Å². The van der Waals surface area contributed by atoms with Gasteiger partial charge in [0.1, 0.15) is 0 Å². The van der Waals surface area contributed by atoms with Crippen molar-refractivity contribution in [3.63, 3.8) is 0 Å². The predicted molar refractivity (Wildman–Crippen MR) is 66.0 cm³/mol. The highest BCUT2D eigenvalue weighted by Gasteiger charge is 2.46. The lowest BCUT2D eigenvalue weighted by atomic mass is 9.89. The molecule has 0 bridgehead atoms. The topological polar surface area (TPSA) is 0 Å². The lowest BCUT2D eigenvalue weighted by molar-refractivity contribution is 0.398. The summed E-state index contributed by atoms with van der Waals surface area (Å²) in [6.45, 7) is 8.66. The quantitative estimate of drug-likeness (QED) is 0.456. The highest BCUT2D eigenvalue weighted by molar-refractivity contribution is 14.0. The largest absolute Gasteiger partial charge is 0.107 e. The first-order valence-corrected chi connectivity index (χ1v) is 4.82. The van der Waals surface area contributed by atoms with Crippen molar-refractivity contribution in [1.29, 1.82) is 0 Å². The minimum absolute atomic E-state index is 0. The molecule has 0 nitrogen and oxygen atoms in total. The zero-order chi connectivity index (χ0) is 8.54. The van der Waals surface area contributed by atoms with Crippen LogP contribution in [0.4, 0.5) is 0 Å². The number of hydrogen-bond donors (Lipinski definition) is 0. The Morgan fingerprint density at radius 1 is 1.00 bits per heavy atom. The second-order valence-corrected chi connectivity index (χ2v) is 4.36. The molecule has 1 spiro atoms. The van der Waals surface area contributed by atoms with E-state index in [9.17, 15) is 0 Å². The summed E-state index contributed by atoms with van der Waals surface area (Å²) in [4.78, 5) is 0. The summed E-state index contributed by atoms with van der Waals surface area (Å²) in [5.41, 5.74) is 1.21. The molecule has 0 radical (unpaired) electrons. The zero-order valence-corrected chi connectivity index (χ0v) is 11.0. The Morgan fingerprint density at radius 3 is 1.67 bits per heavy atom. The number of hydrogen-bond acceptors (Lipinski definition) is 0. The summed E-state index contributed by atoms with van der Waals surface area (Å²) in [5, 5.41) is 0. The highest BCUT2D eigenvalue weighted by Crippen LogP contribution is 2.58. The third-order valence-electron chi connectivity index (χ3n) is 2.59. The fourth-order valence-corrected chi connectivity index (χ4v) is 1.93. The number of halogens is 1. The predicted octanol–water partition coefficient (Wildman–Crippen LogP) is 4.40. The SMILES string of the molecule is CC.CC1(C)C=CC2(CC2)C1.I. The maximum atomic E-state index is 2.44. The summed E-state index contributed by atoms with van der Waals surface area (Å²) in [6.07, 6.45) is 9.13. The molecule has 0 unspecified atom stereocenters. The second-order valence-electron chi connectivity index (χ2n) is 4.36. The van der Waals surface area contributed by atoms with E-state index < -0.39 is 0 Å². The molecular weight excluding hydrogens is 259 g/mol. The van der Waals surface area contributed by atoms with Crippen LogP contribution in [0.5, 0.6) is 0 Å². The Hall–Kier alpha value is 0.470. The van der Waals surface area contributed by atoms with Crippen LogP contribution in [0.3, 0.4) is 0 Å². The van der Waals surface area contributed by atoms with Crippen LogP contribution in [0.25, 0.3) is 0 Å². The van der Waals surface area contributed by atoms with E-state index in [2.05, 4.69) is 26.0 Å². The van der Waals surface area contributed by atoms with Gasteiger partial charge in [0.05, 0.1) is 0 Å². The molecule has 0 aromatic carbocycles. The monoisotopic (exact) mass is 280 g/mol. The molecule has 1 saturated carbocycles. The van der Waals surface area contributed by atoms with E-state index in [1.165, 1.54) is 19.3 Å². The summed E-state index contributed by atoms with van der Waals surface area (Å²) in [6, 6.07) is 0. The Labute approximate surface area is 93.8 Å². The molecule has 0 N–H and O–H groups in total. The zero-order valence-electron chi connectivity index (χ0n) is 8.68. The first kappa shape index (κ1) is 12.5. The van der Waals surface area contributed by atoms with E-state index in [-0.39, 0.29) is 24.0 Å². The van der Waals surface area contributed by atoms with E-state index in [0.29, 0.717) is 10.8 Å². The van der Waals surface area contributed by atoms with Gasteiger partial charge in [0.25, 0.3) is 0 Å². The van der Waals surface area contributed by atoms with Gasteiger partial charge < -0.3 is 0 Å². The van der Waals surface area contributed by atoms with Gasteiger partial charge in [0.2, 0.25) is 0 Å². The van der Waals surface area contributed by atoms with Crippen LogP contribution in [0.15, 0.2) is 12.2 Å². The molecule has 1 heteroatoms. The molecule has 0 aromatic rings. The molecule has 0 heterocycles. The molecule has 0 amide bonds. The first-order valence-electron chi connectivity index (χ1n) is 4.82. The summed E-state index contributed by atoms with van der Waals surface area (Å²) in [5.74, 6) is 0. The molecule has 0 atom stereocenters. The van der Waals surface area contributed by atoms with Crippen LogP contribution >= 0.6 is 24.0 Å². The van der Waals surface area contributed by atoms with Crippen molar-refractivity contribution in [2.45, 2.75) is 47.0 Å². The van der Waals surface area contributed by atoms with Crippen molar-refractivity contribution in [3.8, 4) is 0 Å². The van der Waals surface area contributed by atoms with E-state index >= 15 is 0 Å². The lowest BCUT2D eigenvalue weighted by Crippen LogP contribution is -2.05. The lowest BCUT2D eigenvalue weighted by Gasteiger charge is -2.15. The van der Waals surface area contributed by atoms with Gasteiger partial charge in [0.15, 0.2) is 0 Å². The fourth-order valence-electron chi connectivity index (χ4n) is 1.93. The average Bonchev–Trinajstić information content (AvgIpc) is 2.62. The number of rotatable bonds is 0. The Kier molecular flexibility index (Phi) is 4.28. The molecule has 1 fully saturated rings. The molecule has 2 aliphatic rings. The van der Waals surface area contributed by atoms with Gasteiger partial charge in [0, 0.05) is 0 Å². The van der Waals surface area contributed by atoms with Crippen molar-refractivity contribution in [2.24, 2.45) is 10.8 Å². The fraction of sp³-hybridized carbons (Fsp3) is 0.818. The Bertz CT molecular complexity index is 158. The van der Waals surface area contributed by atoms with Crippen molar-refractivity contribution in [3.05, 3.63) is 12.2 Å². The molecule has 0 aromatic heterocycles. The van der Waals surface area contributed by atoms with Crippen molar-refractivity contribution in [1.82, 2.24) is 0 Å². The minimum Gasteiger partial charge on any atom is -0.107 e. The van der Waals surface area contributed by atoms with Crippen molar-refractivity contribution in [2.75, 3.05) is 0 Å². The molecule has 72 valence electrons. The maximum absolute atomic E-state index is 2.44. The van der Waals surface area contributed by atoms with Gasteiger partial charge in [-0.2, -0.15) is 0 Å². The average molecular weight is 280 g/mol. The van der Waals surface area contributed by atoms with E-state index in [0.717, 1.165) is 0 Å². The summed E-state index contributed by atoms with van der Waals surface area (Å²) < 4.78 is 0. The Morgan fingerprint density at radius 2 is 1.50 bits per heavy atom. The van der Waals surface area contributed by atoms with Crippen molar-refractivity contribution >= 4 is 24.0 Å². The van der Waals surface area contributed by atoms with Gasteiger partial charge in [-0.05, 0) is 30.1 Å². The van der Waals surface area contributed by atoms with Gasteiger partial charge in [-0.25, -0.2) is 0 Å². The van der Waals surface area contributed by atoms with Crippen molar-refractivity contribution < 1.29 is 0 Å². The minimum atomic E-state index is 0. The van der Waals surface area contributed by atoms with Gasteiger partial charge in [-0.1, -0.05) is 39.8 Å². The highest BCUT2D eigenvalue weighted by atomic mass is 127. The van der Waals surface area contributed by atoms with E-state index in [4.69, 9.17) is 0 Å². The standard InChI is InChI=1S/C9H14.C2H6.HI/c1-8(2)3-4-9(7-8)5-6-9;1-2;/h3-4H,5-7H2,1-2H3;1-2H3;1H. The molecule has 2 rings (SSSR count). The normalized spacial score (nSPS) is 25.7. The van der Waals surface area contributed by atoms with E-state index in [1.54, 1.807) is 0 Å². The molecule has 12 heavy (non-hydrogen) atoms. The second kappa shape index (κ2) is 4.12. The molecule has 2 aliphatic carbocycles. The third kappa shape index (κ3) is 2.75.